The lowest BCUT2D eigenvalue weighted by Crippen LogP contribution is -2.33. The first-order chi connectivity index (χ1) is 14.5. The number of anilines is 1. The number of benzene rings is 2. The normalized spacial score (nSPS) is 26.4. The molecule has 2 aromatic rings. The molecule has 2 fully saturated rings. The minimum Gasteiger partial charge on any atom is -0.483 e. The van der Waals surface area contributed by atoms with Crippen molar-refractivity contribution in [2.75, 3.05) is 11.5 Å². The summed E-state index contributed by atoms with van der Waals surface area (Å²) in [7, 11) is 0. The summed E-state index contributed by atoms with van der Waals surface area (Å²) in [5.74, 6) is -0.309. The number of carbonyl (C=O) groups excluding carboxylic acids is 3. The number of para-hydroxylation sites is 2. The van der Waals surface area contributed by atoms with Gasteiger partial charge >= 0.3 is 0 Å². The molecule has 5 heteroatoms. The Labute approximate surface area is 175 Å². The third-order valence-corrected chi connectivity index (χ3v) is 6.76. The van der Waals surface area contributed by atoms with Gasteiger partial charge in [-0.05, 0) is 61.4 Å². The molecule has 152 valence electrons. The molecule has 0 aromatic heterocycles. The van der Waals surface area contributed by atoms with Gasteiger partial charge in [0.15, 0.2) is 12.4 Å². The zero-order valence-electron chi connectivity index (χ0n) is 17.0. The Balaban J connectivity index is 1.37. The highest BCUT2D eigenvalue weighted by Crippen LogP contribution is 2.53. The molecule has 4 atom stereocenters. The Hall–Kier alpha value is -3.21. The number of hydrogen-bond donors (Lipinski definition) is 0. The summed E-state index contributed by atoms with van der Waals surface area (Å²) in [4.78, 5) is 40.1. The van der Waals surface area contributed by atoms with Crippen LogP contribution in [0.3, 0.4) is 0 Å². The molecular weight excluding hydrogens is 378 g/mol. The second-order valence-electron chi connectivity index (χ2n) is 8.49. The topological polar surface area (TPSA) is 63.7 Å². The molecule has 2 amide bonds. The van der Waals surface area contributed by atoms with Crippen LogP contribution in [0.5, 0.6) is 5.75 Å². The largest absolute Gasteiger partial charge is 0.483 e. The molecule has 0 spiro atoms. The van der Waals surface area contributed by atoms with Crippen molar-refractivity contribution < 1.29 is 19.1 Å². The van der Waals surface area contributed by atoms with E-state index in [1.165, 1.54) is 4.90 Å². The summed E-state index contributed by atoms with van der Waals surface area (Å²) in [6.45, 7) is 3.80. The van der Waals surface area contributed by atoms with Gasteiger partial charge in [0.2, 0.25) is 11.8 Å². The number of amides is 2. The third kappa shape index (κ3) is 2.80. The van der Waals surface area contributed by atoms with Gasteiger partial charge in [-0.15, -0.1) is 0 Å². The molecule has 5 rings (SSSR count). The number of imide groups is 1. The van der Waals surface area contributed by atoms with Gasteiger partial charge in [-0.3, -0.25) is 14.4 Å². The molecule has 30 heavy (non-hydrogen) atoms. The molecule has 3 aliphatic rings. The van der Waals surface area contributed by atoms with Crippen molar-refractivity contribution in [1.82, 2.24) is 0 Å². The van der Waals surface area contributed by atoms with E-state index in [9.17, 15) is 14.4 Å². The van der Waals surface area contributed by atoms with Crippen molar-refractivity contribution in [3.8, 4) is 5.75 Å². The number of allylic oxidation sites excluding steroid dienone is 2. The Morgan fingerprint density at radius 3 is 2.30 bits per heavy atom. The first-order valence-electron chi connectivity index (χ1n) is 10.3. The van der Waals surface area contributed by atoms with Crippen molar-refractivity contribution in [2.45, 2.75) is 20.3 Å². The molecule has 1 saturated carbocycles. The lowest BCUT2D eigenvalue weighted by atomic mass is 9.85. The average molecular weight is 401 g/mol. The highest BCUT2D eigenvalue weighted by atomic mass is 16.5. The summed E-state index contributed by atoms with van der Waals surface area (Å²) in [5, 5.41) is 0. The van der Waals surface area contributed by atoms with Gasteiger partial charge < -0.3 is 4.74 Å². The highest BCUT2D eigenvalue weighted by molar-refractivity contribution is 6.23. The van der Waals surface area contributed by atoms with Crippen LogP contribution >= 0.6 is 0 Å². The van der Waals surface area contributed by atoms with Crippen LogP contribution < -0.4 is 9.64 Å². The molecule has 2 aliphatic carbocycles. The van der Waals surface area contributed by atoms with Crippen molar-refractivity contribution >= 4 is 23.3 Å². The maximum absolute atomic E-state index is 13.1. The monoisotopic (exact) mass is 401 g/mol. The van der Waals surface area contributed by atoms with Crippen LogP contribution in [0.2, 0.25) is 0 Å². The minimum absolute atomic E-state index is 0.147. The van der Waals surface area contributed by atoms with Gasteiger partial charge in [0.25, 0.3) is 0 Å². The van der Waals surface area contributed by atoms with E-state index in [1.807, 2.05) is 26.0 Å². The summed E-state index contributed by atoms with van der Waals surface area (Å²) in [5.41, 5.74) is 3.18. The Kier molecular flexibility index (Phi) is 4.35. The zero-order chi connectivity index (χ0) is 21.0. The van der Waals surface area contributed by atoms with E-state index in [4.69, 9.17) is 4.74 Å². The van der Waals surface area contributed by atoms with E-state index in [-0.39, 0.29) is 47.9 Å². The molecule has 1 heterocycles. The van der Waals surface area contributed by atoms with Crippen molar-refractivity contribution in [2.24, 2.45) is 23.7 Å². The fraction of sp³-hybridized carbons (Fsp3) is 0.320. The van der Waals surface area contributed by atoms with E-state index >= 15 is 0 Å². The SMILES string of the molecule is Cc1ccc(C(=O)COc2ccccc2N2C(=O)[C@@H]3[C@H](C2=O)[C@@H]2C=C[C@H]3C2)cc1C. The summed E-state index contributed by atoms with van der Waals surface area (Å²) < 4.78 is 5.81. The van der Waals surface area contributed by atoms with Gasteiger partial charge in [0.05, 0.1) is 17.5 Å². The second kappa shape index (κ2) is 6.94. The van der Waals surface area contributed by atoms with Crippen molar-refractivity contribution in [3.63, 3.8) is 0 Å². The lowest BCUT2D eigenvalue weighted by molar-refractivity contribution is -0.123. The molecular formula is C25H23NO4. The number of fused-ring (bicyclic) bond motifs is 5. The Bertz CT molecular complexity index is 1070. The van der Waals surface area contributed by atoms with Crippen LogP contribution in [-0.4, -0.2) is 24.2 Å². The zero-order valence-corrected chi connectivity index (χ0v) is 17.0. The summed E-state index contributed by atoms with van der Waals surface area (Å²) in [6.07, 6.45) is 5.04. The van der Waals surface area contributed by atoms with Crippen molar-refractivity contribution in [3.05, 3.63) is 71.3 Å². The maximum Gasteiger partial charge on any atom is 0.238 e. The van der Waals surface area contributed by atoms with E-state index in [0.29, 0.717) is 17.0 Å². The van der Waals surface area contributed by atoms with Crippen LogP contribution in [0.25, 0.3) is 0 Å². The maximum atomic E-state index is 13.1. The second-order valence-corrected chi connectivity index (χ2v) is 8.49. The number of ketones is 1. The molecule has 1 aliphatic heterocycles. The Morgan fingerprint density at radius 2 is 1.63 bits per heavy atom. The van der Waals surface area contributed by atoms with Crippen molar-refractivity contribution in [1.29, 1.82) is 0 Å². The standard InChI is InChI=1S/C25H23NO4/c1-14-7-8-16(11-15(14)2)20(27)13-30-21-6-4-3-5-19(21)26-24(28)22-17-9-10-18(12-17)23(22)25(26)29/h3-11,17-18,22-23H,12-13H2,1-2H3/t17-,18+,22-,23+. The molecule has 0 N–H and O–H groups in total. The highest BCUT2D eigenvalue weighted by Gasteiger charge is 2.59. The number of ether oxygens (including phenoxy) is 1. The predicted octanol–water partition coefficient (Wildman–Crippen LogP) is 3.88. The number of Topliss-reactive ketones (excluding diaryl/α,β-unsaturated/α-hetero) is 1. The first-order valence-corrected chi connectivity index (χ1v) is 10.3. The van der Waals surface area contributed by atoms with Crippen LogP contribution in [0, 0.1) is 37.5 Å². The van der Waals surface area contributed by atoms with Gasteiger partial charge in [-0.25, -0.2) is 4.90 Å². The third-order valence-electron chi connectivity index (χ3n) is 6.76. The lowest BCUT2D eigenvalue weighted by Gasteiger charge is -2.20. The molecule has 0 radical (unpaired) electrons. The van der Waals surface area contributed by atoms with Gasteiger partial charge in [0, 0.05) is 5.56 Å². The minimum atomic E-state index is -0.266. The molecule has 1 saturated heterocycles. The molecule has 0 unspecified atom stereocenters. The van der Waals surface area contributed by atoms with Crippen LogP contribution in [-0.2, 0) is 9.59 Å². The predicted molar refractivity (Wildman–Crippen MR) is 112 cm³/mol. The quantitative estimate of drug-likeness (QED) is 0.433. The molecule has 5 nitrogen and oxygen atoms in total. The van der Waals surface area contributed by atoms with Gasteiger partial charge in [0.1, 0.15) is 5.75 Å². The number of carbonyl (C=O) groups is 3. The molecule has 2 bridgehead atoms. The van der Waals surface area contributed by atoms with E-state index in [2.05, 4.69) is 12.2 Å². The van der Waals surface area contributed by atoms with Crippen LogP contribution in [0.1, 0.15) is 27.9 Å². The molecule has 2 aromatic carbocycles. The summed E-state index contributed by atoms with van der Waals surface area (Å²) >= 11 is 0. The van der Waals surface area contributed by atoms with E-state index in [0.717, 1.165) is 17.5 Å². The van der Waals surface area contributed by atoms with Crippen LogP contribution in [0.4, 0.5) is 5.69 Å². The van der Waals surface area contributed by atoms with Gasteiger partial charge in [-0.2, -0.15) is 0 Å². The van der Waals surface area contributed by atoms with E-state index < -0.39 is 0 Å². The van der Waals surface area contributed by atoms with Crippen LogP contribution in [0.15, 0.2) is 54.6 Å². The number of aryl methyl sites for hydroxylation is 2. The van der Waals surface area contributed by atoms with Gasteiger partial charge in [-0.1, -0.05) is 36.4 Å². The van der Waals surface area contributed by atoms with E-state index in [1.54, 1.807) is 30.3 Å². The average Bonchev–Trinajstić information content (AvgIpc) is 3.42. The number of rotatable bonds is 5. The fourth-order valence-corrected chi connectivity index (χ4v) is 5.05. The first kappa shape index (κ1) is 18.8. The smallest absolute Gasteiger partial charge is 0.238 e. The summed E-state index contributed by atoms with van der Waals surface area (Å²) in [6, 6.07) is 12.5. The number of hydrogen-bond acceptors (Lipinski definition) is 4. The Morgan fingerprint density at radius 1 is 0.967 bits per heavy atom. The fourth-order valence-electron chi connectivity index (χ4n) is 5.05. The number of nitrogens with zero attached hydrogens (tertiary/aromatic N) is 1.